The lowest BCUT2D eigenvalue weighted by molar-refractivity contribution is -0.121. The zero-order valence-electron chi connectivity index (χ0n) is 7.97. The number of aldehydes is 1. The number of ketones is 1. The molecular weight excluding hydrogens is 196 g/mol. The SMILES string of the molecule is O=CCC(=O)Cc1ccccc1C(=O)O. The van der Waals surface area contributed by atoms with Gasteiger partial charge < -0.3 is 9.90 Å². The summed E-state index contributed by atoms with van der Waals surface area (Å²) in [4.78, 5) is 32.0. The van der Waals surface area contributed by atoms with Crippen molar-refractivity contribution in [2.75, 3.05) is 0 Å². The minimum atomic E-state index is -1.07. The third kappa shape index (κ3) is 3.02. The van der Waals surface area contributed by atoms with Gasteiger partial charge in [0.25, 0.3) is 0 Å². The number of carboxylic acid groups (broad SMARTS) is 1. The Morgan fingerprint density at radius 3 is 2.53 bits per heavy atom. The van der Waals surface area contributed by atoms with E-state index in [1.807, 2.05) is 0 Å². The fourth-order valence-corrected chi connectivity index (χ4v) is 1.26. The molecule has 0 aliphatic carbocycles. The van der Waals surface area contributed by atoms with E-state index < -0.39 is 5.97 Å². The zero-order valence-corrected chi connectivity index (χ0v) is 7.97. The van der Waals surface area contributed by atoms with Crippen LogP contribution in [0.2, 0.25) is 0 Å². The Morgan fingerprint density at radius 1 is 1.27 bits per heavy atom. The molecule has 4 nitrogen and oxygen atoms in total. The lowest BCUT2D eigenvalue weighted by atomic mass is 10.0. The van der Waals surface area contributed by atoms with Crippen LogP contribution in [0.15, 0.2) is 24.3 Å². The Balaban J connectivity index is 2.89. The molecule has 1 N–H and O–H groups in total. The van der Waals surface area contributed by atoms with Crippen molar-refractivity contribution in [2.45, 2.75) is 12.8 Å². The van der Waals surface area contributed by atoms with E-state index in [1.165, 1.54) is 6.07 Å². The highest BCUT2D eigenvalue weighted by molar-refractivity contribution is 5.95. The van der Waals surface area contributed by atoms with Crippen molar-refractivity contribution in [3.05, 3.63) is 35.4 Å². The summed E-state index contributed by atoms with van der Waals surface area (Å²) in [6.07, 6.45) is 0.334. The molecule has 0 fully saturated rings. The quantitative estimate of drug-likeness (QED) is 0.578. The summed E-state index contributed by atoms with van der Waals surface area (Å²) in [5.74, 6) is -1.34. The van der Waals surface area contributed by atoms with Gasteiger partial charge in [0.15, 0.2) is 0 Å². The molecule has 0 radical (unpaired) electrons. The standard InChI is InChI=1S/C11H10O4/c12-6-5-9(13)7-8-3-1-2-4-10(8)11(14)15/h1-4,6H,5,7H2,(H,14,15). The van der Waals surface area contributed by atoms with Gasteiger partial charge in [-0.1, -0.05) is 18.2 Å². The molecule has 0 aliphatic rings. The zero-order chi connectivity index (χ0) is 11.3. The highest BCUT2D eigenvalue weighted by Crippen LogP contribution is 2.10. The topological polar surface area (TPSA) is 71.4 Å². The molecule has 1 aromatic rings. The van der Waals surface area contributed by atoms with E-state index in [-0.39, 0.29) is 24.2 Å². The maximum Gasteiger partial charge on any atom is 0.335 e. The molecule has 0 aromatic heterocycles. The smallest absolute Gasteiger partial charge is 0.335 e. The van der Waals surface area contributed by atoms with Crippen molar-refractivity contribution in [3.63, 3.8) is 0 Å². The second-order valence-corrected chi connectivity index (χ2v) is 3.05. The van der Waals surface area contributed by atoms with Crippen LogP contribution in [0.4, 0.5) is 0 Å². The molecule has 1 rings (SSSR count). The molecule has 0 atom stereocenters. The molecule has 1 aromatic carbocycles. The fourth-order valence-electron chi connectivity index (χ4n) is 1.26. The number of benzene rings is 1. The first-order valence-electron chi connectivity index (χ1n) is 4.41. The predicted octanol–water partition coefficient (Wildman–Crippen LogP) is 1.09. The minimum Gasteiger partial charge on any atom is -0.478 e. The molecule has 0 bridgehead atoms. The fraction of sp³-hybridized carbons (Fsp3) is 0.182. The summed E-state index contributed by atoms with van der Waals surface area (Å²) >= 11 is 0. The monoisotopic (exact) mass is 206 g/mol. The van der Waals surface area contributed by atoms with Crippen LogP contribution in [0.3, 0.4) is 0 Å². The van der Waals surface area contributed by atoms with Gasteiger partial charge in [-0.05, 0) is 11.6 Å². The molecule has 15 heavy (non-hydrogen) atoms. The van der Waals surface area contributed by atoms with Gasteiger partial charge in [0, 0.05) is 6.42 Å². The van der Waals surface area contributed by atoms with Crippen LogP contribution in [0.5, 0.6) is 0 Å². The summed E-state index contributed by atoms with van der Waals surface area (Å²) < 4.78 is 0. The minimum absolute atomic E-state index is 0.0127. The lowest BCUT2D eigenvalue weighted by Crippen LogP contribution is -2.08. The molecular formula is C11H10O4. The van der Waals surface area contributed by atoms with E-state index in [0.717, 1.165) is 0 Å². The van der Waals surface area contributed by atoms with Crippen molar-refractivity contribution in [1.82, 2.24) is 0 Å². The van der Waals surface area contributed by atoms with Gasteiger partial charge in [-0.15, -0.1) is 0 Å². The van der Waals surface area contributed by atoms with Crippen molar-refractivity contribution in [3.8, 4) is 0 Å². The molecule has 4 heteroatoms. The second-order valence-electron chi connectivity index (χ2n) is 3.05. The first-order chi connectivity index (χ1) is 7.15. The third-order valence-electron chi connectivity index (χ3n) is 1.95. The van der Waals surface area contributed by atoms with Gasteiger partial charge in [0.05, 0.1) is 12.0 Å². The summed E-state index contributed by atoms with van der Waals surface area (Å²) in [6.45, 7) is 0. The van der Waals surface area contributed by atoms with Crippen molar-refractivity contribution < 1.29 is 19.5 Å². The number of carbonyl (C=O) groups excluding carboxylic acids is 2. The van der Waals surface area contributed by atoms with Gasteiger partial charge in [0.2, 0.25) is 0 Å². The Kier molecular flexibility index (Phi) is 3.74. The number of aromatic carboxylic acids is 1. The highest BCUT2D eigenvalue weighted by Gasteiger charge is 2.11. The molecule has 0 saturated heterocycles. The van der Waals surface area contributed by atoms with Crippen LogP contribution in [0.25, 0.3) is 0 Å². The average Bonchev–Trinajstić information content (AvgIpc) is 2.18. The van der Waals surface area contributed by atoms with E-state index >= 15 is 0 Å². The summed E-state index contributed by atoms with van der Waals surface area (Å²) in [5.41, 5.74) is 0.550. The Bertz CT molecular complexity index is 395. The highest BCUT2D eigenvalue weighted by atomic mass is 16.4. The first-order valence-corrected chi connectivity index (χ1v) is 4.41. The molecule has 0 amide bonds. The average molecular weight is 206 g/mol. The number of carbonyl (C=O) groups is 3. The molecule has 0 heterocycles. The van der Waals surface area contributed by atoms with Crippen molar-refractivity contribution in [1.29, 1.82) is 0 Å². The van der Waals surface area contributed by atoms with E-state index in [9.17, 15) is 14.4 Å². The molecule has 78 valence electrons. The lowest BCUT2D eigenvalue weighted by Gasteiger charge is -2.03. The van der Waals surface area contributed by atoms with Gasteiger partial charge in [-0.3, -0.25) is 4.79 Å². The number of hydrogen-bond donors (Lipinski definition) is 1. The van der Waals surface area contributed by atoms with E-state index in [1.54, 1.807) is 18.2 Å². The van der Waals surface area contributed by atoms with Crippen LogP contribution in [-0.4, -0.2) is 23.1 Å². The Morgan fingerprint density at radius 2 is 1.93 bits per heavy atom. The maximum atomic E-state index is 11.2. The largest absolute Gasteiger partial charge is 0.478 e. The normalized spacial score (nSPS) is 9.60. The number of carboxylic acids is 1. The Hall–Kier alpha value is -1.97. The predicted molar refractivity (Wildman–Crippen MR) is 52.8 cm³/mol. The first kappa shape index (κ1) is 11.1. The number of hydrogen-bond acceptors (Lipinski definition) is 3. The van der Waals surface area contributed by atoms with Crippen LogP contribution in [0.1, 0.15) is 22.3 Å². The van der Waals surface area contributed by atoms with Crippen LogP contribution < -0.4 is 0 Å². The van der Waals surface area contributed by atoms with Crippen molar-refractivity contribution >= 4 is 18.0 Å². The molecule has 0 saturated carbocycles. The molecule has 0 aliphatic heterocycles. The van der Waals surface area contributed by atoms with Crippen LogP contribution >= 0.6 is 0 Å². The van der Waals surface area contributed by atoms with Crippen LogP contribution in [0, 0.1) is 0 Å². The van der Waals surface area contributed by atoms with E-state index in [2.05, 4.69) is 0 Å². The summed E-state index contributed by atoms with van der Waals surface area (Å²) in [7, 11) is 0. The third-order valence-corrected chi connectivity index (χ3v) is 1.95. The van der Waals surface area contributed by atoms with Crippen LogP contribution in [-0.2, 0) is 16.0 Å². The number of rotatable bonds is 5. The van der Waals surface area contributed by atoms with Crippen molar-refractivity contribution in [2.24, 2.45) is 0 Å². The van der Waals surface area contributed by atoms with Gasteiger partial charge in [-0.25, -0.2) is 4.79 Å². The number of Topliss-reactive ketones (excluding diaryl/α,β-unsaturated/α-hetero) is 1. The van der Waals surface area contributed by atoms with E-state index in [0.29, 0.717) is 11.8 Å². The second kappa shape index (κ2) is 5.05. The van der Waals surface area contributed by atoms with E-state index in [4.69, 9.17) is 5.11 Å². The Labute approximate surface area is 86.5 Å². The summed E-state index contributed by atoms with van der Waals surface area (Å²) in [5, 5.41) is 8.83. The molecule has 0 spiro atoms. The maximum absolute atomic E-state index is 11.2. The summed E-state index contributed by atoms with van der Waals surface area (Å²) in [6, 6.07) is 6.27. The van der Waals surface area contributed by atoms with Gasteiger partial charge >= 0.3 is 5.97 Å². The molecule has 0 unspecified atom stereocenters. The van der Waals surface area contributed by atoms with Gasteiger partial charge in [-0.2, -0.15) is 0 Å². The van der Waals surface area contributed by atoms with Gasteiger partial charge in [0.1, 0.15) is 12.1 Å².